The molecule has 1 aliphatic heterocycles. The largest absolute Gasteiger partial charge is 0.433 e. The van der Waals surface area contributed by atoms with E-state index in [0.717, 1.165) is 13.0 Å². The Hall–Kier alpha value is -0.870. The van der Waals surface area contributed by atoms with Gasteiger partial charge in [-0.05, 0) is 13.3 Å². The number of nitrogens with one attached hydrogen (secondary N) is 1. The van der Waals surface area contributed by atoms with Crippen molar-refractivity contribution in [3.63, 3.8) is 0 Å². The summed E-state index contributed by atoms with van der Waals surface area (Å²) in [6.45, 7) is 5.97. The summed E-state index contributed by atoms with van der Waals surface area (Å²) in [6.07, 6.45) is 0.327. The minimum atomic E-state index is -0.994. The van der Waals surface area contributed by atoms with E-state index in [0.29, 0.717) is 18.0 Å². The molecule has 0 amide bonds. The molecule has 1 rings (SSSR count). The number of hydrogen-bond acceptors (Lipinski definition) is 4. The van der Waals surface area contributed by atoms with Crippen LogP contribution in [-0.2, 0) is 9.53 Å². The minimum Gasteiger partial charge on any atom is -0.433 e. The van der Waals surface area contributed by atoms with Crippen LogP contribution in [0.5, 0.6) is 0 Å². The Morgan fingerprint density at radius 1 is 1.85 bits per heavy atom. The highest BCUT2D eigenvalue weighted by Gasteiger charge is 2.21. The van der Waals surface area contributed by atoms with Crippen LogP contribution in [-0.4, -0.2) is 30.0 Å². The molecular formula is C9H15NO3. The van der Waals surface area contributed by atoms with Crippen molar-refractivity contribution in [1.82, 2.24) is 5.32 Å². The first-order valence-corrected chi connectivity index (χ1v) is 4.37. The first-order valence-electron chi connectivity index (χ1n) is 4.37. The third-order valence-electron chi connectivity index (χ3n) is 1.85. The summed E-state index contributed by atoms with van der Waals surface area (Å²) in [5.41, 5.74) is 0.309. The van der Waals surface area contributed by atoms with E-state index in [9.17, 15) is 9.90 Å². The smallest absolute Gasteiger partial charge is 0.335 e. The average Bonchev–Trinajstić information content (AvgIpc) is 2.83. The van der Waals surface area contributed by atoms with Crippen molar-refractivity contribution in [2.75, 3.05) is 6.54 Å². The highest BCUT2D eigenvalue weighted by atomic mass is 16.6. The molecule has 2 N–H and O–H groups in total. The molecule has 0 bridgehead atoms. The Kier molecular flexibility index (Phi) is 3.45. The second-order valence-corrected chi connectivity index (χ2v) is 3.32. The maximum atomic E-state index is 10.9. The van der Waals surface area contributed by atoms with E-state index >= 15 is 0 Å². The molecule has 1 fully saturated rings. The molecule has 13 heavy (non-hydrogen) atoms. The molecule has 1 aliphatic rings. The summed E-state index contributed by atoms with van der Waals surface area (Å²) in [5, 5.41) is 12.3. The van der Waals surface area contributed by atoms with Crippen molar-refractivity contribution in [3.05, 3.63) is 12.2 Å². The lowest BCUT2D eigenvalue weighted by Crippen LogP contribution is -2.18. The number of carbonyl (C=O) groups is 1. The minimum absolute atomic E-state index is 0.309. The van der Waals surface area contributed by atoms with E-state index in [4.69, 9.17) is 0 Å². The topological polar surface area (TPSA) is 68.5 Å². The number of aliphatic hydroxyl groups excluding tert-OH is 1. The summed E-state index contributed by atoms with van der Waals surface area (Å²) in [5.74, 6) is -0.531. The van der Waals surface area contributed by atoms with E-state index in [-0.39, 0.29) is 0 Å². The van der Waals surface area contributed by atoms with Gasteiger partial charge >= 0.3 is 5.97 Å². The second kappa shape index (κ2) is 4.39. The maximum Gasteiger partial charge on any atom is 0.335 e. The second-order valence-electron chi connectivity index (χ2n) is 3.32. The van der Waals surface area contributed by atoms with Gasteiger partial charge in [-0.2, -0.15) is 0 Å². The number of aliphatic hydroxyl groups is 1. The van der Waals surface area contributed by atoms with Gasteiger partial charge < -0.3 is 15.2 Å². The van der Waals surface area contributed by atoms with Crippen LogP contribution in [0.3, 0.4) is 0 Å². The number of esters is 1. The van der Waals surface area contributed by atoms with E-state index < -0.39 is 12.3 Å². The van der Waals surface area contributed by atoms with Gasteiger partial charge in [0.1, 0.15) is 0 Å². The van der Waals surface area contributed by atoms with E-state index in [1.165, 1.54) is 0 Å². The van der Waals surface area contributed by atoms with Gasteiger partial charge in [-0.15, -0.1) is 0 Å². The van der Waals surface area contributed by atoms with Crippen LogP contribution in [0.1, 0.15) is 19.8 Å². The molecule has 2 unspecified atom stereocenters. The van der Waals surface area contributed by atoms with Crippen LogP contribution in [0.15, 0.2) is 12.2 Å². The zero-order chi connectivity index (χ0) is 9.84. The van der Waals surface area contributed by atoms with Gasteiger partial charge in [-0.25, -0.2) is 4.79 Å². The Balaban J connectivity index is 2.11. The molecular weight excluding hydrogens is 170 g/mol. The normalized spacial score (nSPS) is 22.2. The lowest BCUT2D eigenvalue weighted by atomic mass is 10.2. The number of carbonyl (C=O) groups excluding carboxylic acids is 1. The van der Waals surface area contributed by atoms with E-state index in [2.05, 4.69) is 16.6 Å². The first kappa shape index (κ1) is 10.2. The van der Waals surface area contributed by atoms with Gasteiger partial charge in [-0.1, -0.05) is 6.58 Å². The van der Waals surface area contributed by atoms with Crippen molar-refractivity contribution < 1.29 is 14.6 Å². The Bertz CT molecular complexity index is 211. The maximum absolute atomic E-state index is 10.9. The van der Waals surface area contributed by atoms with E-state index in [1.807, 2.05) is 0 Å². The zero-order valence-electron chi connectivity index (χ0n) is 7.75. The van der Waals surface area contributed by atoms with Gasteiger partial charge in [0.25, 0.3) is 0 Å². The highest BCUT2D eigenvalue weighted by Crippen LogP contribution is 2.10. The van der Waals surface area contributed by atoms with Gasteiger partial charge in [0.05, 0.1) is 0 Å². The molecule has 0 aromatic rings. The van der Waals surface area contributed by atoms with Gasteiger partial charge in [-0.3, -0.25) is 0 Å². The number of rotatable bonds is 5. The van der Waals surface area contributed by atoms with Crippen LogP contribution < -0.4 is 5.32 Å². The van der Waals surface area contributed by atoms with Crippen molar-refractivity contribution in [1.29, 1.82) is 0 Å². The summed E-state index contributed by atoms with van der Waals surface area (Å²) in [6, 6.07) is 0.498. The van der Waals surface area contributed by atoms with Crippen molar-refractivity contribution >= 4 is 5.97 Å². The predicted octanol–water partition coefficient (Wildman–Crippen LogP) is 0.176. The fourth-order valence-electron chi connectivity index (χ4n) is 0.914. The zero-order valence-corrected chi connectivity index (χ0v) is 7.75. The fraction of sp³-hybridized carbons (Fsp3) is 0.667. The van der Waals surface area contributed by atoms with E-state index in [1.54, 1.807) is 6.92 Å². The number of ether oxygens (including phenoxy) is 1. The molecule has 0 aromatic carbocycles. The summed E-state index contributed by atoms with van der Waals surface area (Å²) in [7, 11) is 0. The van der Waals surface area contributed by atoms with Crippen LogP contribution in [0, 0.1) is 0 Å². The molecule has 0 saturated carbocycles. The molecule has 74 valence electrons. The van der Waals surface area contributed by atoms with Crippen LogP contribution in [0.4, 0.5) is 0 Å². The molecule has 0 aliphatic carbocycles. The van der Waals surface area contributed by atoms with Gasteiger partial charge in [0.2, 0.25) is 6.29 Å². The molecule has 1 heterocycles. The molecule has 4 nitrogen and oxygen atoms in total. The monoisotopic (exact) mass is 185 g/mol. The molecule has 4 heteroatoms. The molecule has 0 spiro atoms. The SMILES string of the molecule is C=C(C)C(=O)OC(O)CCC1CN1. The van der Waals surface area contributed by atoms with Crippen molar-refractivity contribution in [2.45, 2.75) is 32.1 Å². The van der Waals surface area contributed by atoms with Gasteiger partial charge in [0.15, 0.2) is 0 Å². The summed E-state index contributed by atoms with van der Waals surface area (Å²) >= 11 is 0. The Labute approximate surface area is 77.6 Å². The Morgan fingerprint density at radius 2 is 2.46 bits per heavy atom. The standard InChI is InChI=1S/C9H15NO3/c1-6(2)9(12)13-8(11)4-3-7-5-10-7/h7-8,10-11H,1,3-5H2,2H3. The number of hydrogen-bond donors (Lipinski definition) is 2. The van der Waals surface area contributed by atoms with Crippen LogP contribution in [0.2, 0.25) is 0 Å². The third-order valence-corrected chi connectivity index (χ3v) is 1.85. The lowest BCUT2D eigenvalue weighted by Gasteiger charge is -2.10. The van der Waals surface area contributed by atoms with Crippen LogP contribution >= 0.6 is 0 Å². The Morgan fingerprint density at radius 3 is 2.92 bits per heavy atom. The molecule has 1 saturated heterocycles. The molecule has 0 radical (unpaired) electrons. The molecule has 2 atom stereocenters. The van der Waals surface area contributed by atoms with Crippen molar-refractivity contribution in [2.24, 2.45) is 0 Å². The fourth-order valence-corrected chi connectivity index (χ4v) is 0.914. The summed E-state index contributed by atoms with van der Waals surface area (Å²) in [4.78, 5) is 10.9. The predicted molar refractivity (Wildman–Crippen MR) is 47.9 cm³/mol. The van der Waals surface area contributed by atoms with Gasteiger partial charge in [0, 0.05) is 24.6 Å². The summed E-state index contributed by atoms with van der Waals surface area (Å²) < 4.78 is 4.68. The third kappa shape index (κ3) is 4.05. The first-order chi connectivity index (χ1) is 6.09. The lowest BCUT2D eigenvalue weighted by molar-refractivity contribution is -0.163. The van der Waals surface area contributed by atoms with Crippen molar-refractivity contribution in [3.8, 4) is 0 Å². The van der Waals surface area contributed by atoms with Crippen LogP contribution in [0.25, 0.3) is 0 Å². The average molecular weight is 185 g/mol. The molecule has 0 aromatic heterocycles. The highest BCUT2D eigenvalue weighted by molar-refractivity contribution is 5.86. The quantitative estimate of drug-likeness (QED) is 0.277.